The van der Waals surface area contributed by atoms with Gasteiger partial charge in [0.15, 0.2) is 5.16 Å². The molecule has 0 saturated carbocycles. The average molecular weight is 295 g/mol. The molecule has 0 radical (unpaired) electrons. The highest BCUT2D eigenvalue weighted by molar-refractivity contribution is 7.99. The minimum Gasteiger partial charge on any atom is -0.478 e. The zero-order chi connectivity index (χ0) is 14.0. The number of carboxylic acid groups (broad SMARTS) is 1. The summed E-state index contributed by atoms with van der Waals surface area (Å²) in [7, 11) is 0. The SMILES string of the molecule is Cc1cc(C)nc(Sc2cccc(Cl)c2C(=O)O)n1. The van der Waals surface area contributed by atoms with Gasteiger partial charge in [-0.3, -0.25) is 0 Å². The number of aromatic nitrogens is 2. The van der Waals surface area contributed by atoms with Crippen molar-refractivity contribution in [1.82, 2.24) is 9.97 Å². The number of benzene rings is 1. The number of carbonyl (C=O) groups is 1. The van der Waals surface area contributed by atoms with Crippen molar-refractivity contribution in [3.8, 4) is 0 Å². The molecule has 1 aromatic carbocycles. The van der Waals surface area contributed by atoms with Gasteiger partial charge < -0.3 is 5.11 Å². The van der Waals surface area contributed by atoms with Gasteiger partial charge in [-0.15, -0.1) is 0 Å². The Balaban J connectivity index is 2.43. The van der Waals surface area contributed by atoms with Gasteiger partial charge >= 0.3 is 5.97 Å². The van der Waals surface area contributed by atoms with Gasteiger partial charge in [0.25, 0.3) is 0 Å². The van der Waals surface area contributed by atoms with Crippen LogP contribution in [0.25, 0.3) is 0 Å². The fourth-order valence-electron chi connectivity index (χ4n) is 1.63. The molecule has 19 heavy (non-hydrogen) atoms. The summed E-state index contributed by atoms with van der Waals surface area (Å²) in [6, 6.07) is 6.82. The number of hydrogen-bond acceptors (Lipinski definition) is 4. The maximum atomic E-state index is 11.2. The second-order valence-electron chi connectivity index (χ2n) is 3.95. The maximum absolute atomic E-state index is 11.2. The van der Waals surface area contributed by atoms with Crippen LogP contribution in [0.3, 0.4) is 0 Å². The molecular formula is C13H11ClN2O2S. The quantitative estimate of drug-likeness (QED) is 0.876. The normalized spacial score (nSPS) is 10.5. The molecule has 1 N–H and O–H groups in total. The molecule has 1 aromatic heterocycles. The molecule has 6 heteroatoms. The molecule has 4 nitrogen and oxygen atoms in total. The lowest BCUT2D eigenvalue weighted by molar-refractivity contribution is 0.0693. The second kappa shape index (κ2) is 5.59. The van der Waals surface area contributed by atoms with Gasteiger partial charge in [0, 0.05) is 16.3 Å². The lowest BCUT2D eigenvalue weighted by atomic mass is 10.2. The second-order valence-corrected chi connectivity index (χ2v) is 5.37. The number of rotatable bonds is 3. The molecular weight excluding hydrogens is 284 g/mol. The molecule has 0 unspecified atom stereocenters. The summed E-state index contributed by atoms with van der Waals surface area (Å²) in [5.74, 6) is -1.06. The minimum absolute atomic E-state index is 0.0805. The van der Waals surface area contributed by atoms with Crippen LogP contribution in [0.5, 0.6) is 0 Å². The summed E-state index contributed by atoms with van der Waals surface area (Å²) in [6.07, 6.45) is 0. The van der Waals surface area contributed by atoms with Gasteiger partial charge in [-0.1, -0.05) is 17.7 Å². The van der Waals surface area contributed by atoms with Gasteiger partial charge in [0.1, 0.15) is 0 Å². The van der Waals surface area contributed by atoms with Crippen molar-refractivity contribution < 1.29 is 9.90 Å². The van der Waals surface area contributed by atoms with Crippen molar-refractivity contribution in [2.75, 3.05) is 0 Å². The zero-order valence-electron chi connectivity index (χ0n) is 10.3. The molecule has 98 valence electrons. The molecule has 0 amide bonds. The van der Waals surface area contributed by atoms with Crippen LogP contribution < -0.4 is 0 Å². The highest BCUT2D eigenvalue weighted by Gasteiger charge is 2.16. The van der Waals surface area contributed by atoms with Crippen LogP contribution in [0.15, 0.2) is 34.3 Å². The van der Waals surface area contributed by atoms with Crippen LogP contribution in [-0.2, 0) is 0 Å². The van der Waals surface area contributed by atoms with Gasteiger partial charge in [0.2, 0.25) is 0 Å². The van der Waals surface area contributed by atoms with E-state index in [1.165, 1.54) is 11.8 Å². The highest BCUT2D eigenvalue weighted by Crippen LogP contribution is 2.32. The molecule has 2 aromatic rings. The first-order valence-corrected chi connectivity index (χ1v) is 6.69. The molecule has 0 fully saturated rings. The van der Waals surface area contributed by atoms with Crippen molar-refractivity contribution in [3.63, 3.8) is 0 Å². The monoisotopic (exact) mass is 294 g/mol. The third kappa shape index (κ3) is 3.24. The smallest absolute Gasteiger partial charge is 0.338 e. The third-order valence-electron chi connectivity index (χ3n) is 2.35. The van der Waals surface area contributed by atoms with Gasteiger partial charge in [-0.05, 0) is 43.8 Å². The predicted octanol–water partition coefficient (Wildman–Crippen LogP) is 3.60. The van der Waals surface area contributed by atoms with Gasteiger partial charge in [-0.2, -0.15) is 0 Å². The molecule has 0 saturated heterocycles. The summed E-state index contributed by atoms with van der Waals surface area (Å²) in [6.45, 7) is 3.74. The van der Waals surface area contributed by atoms with Crippen molar-refractivity contribution in [2.24, 2.45) is 0 Å². The van der Waals surface area contributed by atoms with E-state index in [1.54, 1.807) is 18.2 Å². The molecule has 1 heterocycles. The zero-order valence-corrected chi connectivity index (χ0v) is 11.9. The van der Waals surface area contributed by atoms with Crippen molar-refractivity contribution in [1.29, 1.82) is 0 Å². The molecule has 0 aliphatic carbocycles. The topological polar surface area (TPSA) is 63.1 Å². The van der Waals surface area contributed by atoms with E-state index in [0.29, 0.717) is 10.1 Å². The van der Waals surface area contributed by atoms with Crippen molar-refractivity contribution in [3.05, 3.63) is 46.2 Å². The number of halogens is 1. The Hall–Kier alpha value is -1.59. The molecule has 2 rings (SSSR count). The Morgan fingerprint density at radius 3 is 2.47 bits per heavy atom. The van der Waals surface area contributed by atoms with Gasteiger partial charge in [0.05, 0.1) is 10.6 Å². The number of aromatic carboxylic acids is 1. The average Bonchev–Trinajstić information content (AvgIpc) is 2.26. The van der Waals surface area contributed by atoms with Crippen LogP contribution in [0.1, 0.15) is 21.7 Å². The molecule has 0 aliphatic rings. The first-order chi connectivity index (χ1) is 8.97. The highest BCUT2D eigenvalue weighted by atomic mass is 35.5. The molecule has 0 aliphatic heterocycles. The fourth-order valence-corrected chi connectivity index (χ4v) is 2.97. The number of nitrogens with zero attached hydrogens (tertiary/aromatic N) is 2. The van der Waals surface area contributed by atoms with E-state index in [2.05, 4.69) is 9.97 Å². The first-order valence-electron chi connectivity index (χ1n) is 5.49. The first kappa shape index (κ1) is 13.8. The van der Waals surface area contributed by atoms with Crippen molar-refractivity contribution >= 4 is 29.3 Å². The van der Waals surface area contributed by atoms with E-state index in [-0.39, 0.29) is 10.6 Å². The van der Waals surface area contributed by atoms with E-state index < -0.39 is 5.97 Å². The van der Waals surface area contributed by atoms with E-state index in [9.17, 15) is 9.90 Å². The van der Waals surface area contributed by atoms with E-state index in [1.807, 2.05) is 19.9 Å². The van der Waals surface area contributed by atoms with Crippen LogP contribution in [-0.4, -0.2) is 21.0 Å². The number of hydrogen-bond donors (Lipinski definition) is 1. The summed E-state index contributed by atoms with van der Waals surface area (Å²) in [5.41, 5.74) is 1.76. The van der Waals surface area contributed by atoms with E-state index in [4.69, 9.17) is 11.6 Å². The molecule has 0 spiro atoms. The Labute approximate surface area is 119 Å². The Morgan fingerprint density at radius 2 is 1.89 bits per heavy atom. The van der Waals surface area contributed by atoms with Crippen LogP contribution >= 0.6 is 23.4 Å². The minimum atomic E-state index is -1.06. The maximum Gasteiger partial charge on any atom is 0.338 e. The Bertz CT molecular complexity index is 626. The van der Waals surface area contributed by atoms with E-state index >= 15 is 0 Å². The summed E-state index contributed by atoms with van der Waals surface area (Å²) >= 11 is 7.12. The largest absolute Gasteiger partial charge is 0.478 e. The lowest BCUT2D eigenvalue weighted by Gasteiger charge is -2.07. The molecule has 0 atom stereocenters. The van der Waals surface area contributed by atoms with Crippen LogP contribution in [0.2, 0.25) is 5.02 Å². The number of carboxylic acids is 1. The Kier molecular flexibility index (Phi) is 4.07. The van der Waals surface area contributed by atoms with Crippen molar-refractivity contribution in [2.45, 2.75) is 23.9 Å². The van der Waals surface area contributed by atoms with Crippen LogP contribution in [0.4, 0.5) is 0 Å². The predicted molar refractivity (Wildman–Crippen MR) is 74.0 cm³/mol. The lowest BCUT2D eigenvalue weighted by Crippen LogP contribution is -2.01. The fraction of sp³-hybridized carbons (Fsp3) is 0.154. The van der Waals surface area contributed by atoms with Crippen LogP contribution in [0, 0.1) is 13.8 Å². The summed E-state index contributed by atoms with van der Waals surface area (Å²) in [4.78, 5) is 20.3. The summed E-state index contributed by atoms with van der Waals surface area (Å²) < 4.78 is 0. The Morgan fingerprint density at radius 1 is 1.26 bits per heavy atom. The molecule has 0 bridgehead atoms. The number of aryl methyl sites for hydroxylation is 2. The summed E-state index contributed by atoms with van der Waals surface area (Å²) in [5, 5.41) is 9.92. The van der Waals surface area contributed by atoms with Gasteiger partial charge in [-0.25, -0.2) is 14.8 Å². The standard InChI is InChI=1S/C13H11ClN2O2S/c1-7-6-8(2)16-13(15-7)19-10-5-3-4-9(14)11(10)12(17)18/h3-6H,1-2H3,(H,17,18). The third-order valence-corrected chi connectivity index (χ3v) is 3.59. The van der Waals surface area contributed by atoms with E-state index in [0.717, 1.165) is 11.4 Å².